The van der Waals surface area contributed by atoms with Crippen LogP contribution in [0.25, 0.3) is 11.0 Å². The van der Waals surface area contributed by atoms with E-state index < -0.39 is 8.07 Å². The number of likely N-dealkylation sites (tertiary alicyclic amines) is 1. The number of aromatic nitrogens is 3. The molecule has 4 aromatic rings. The van der Waals surface area contributed by atoms with Crippen molar-refractivity contribution in [3.8, 4) is 0 Å². The minimum Gasteiger partial charge on any atom is -0.353 e. The van der Waals surface area contributed by atoms with Crippen LogP contribution in [0.5, 0.6) is 0 Å². The lowest BCUT2D eigenvalue weighted by Gasteiger charge is -2.56. The van der Waals surface area contributed by atoms with Gasteiger partial charge in [-0.3, -0.25) is 4.79 Å². The largest absolute Gasteiger partial charge is 0.353 e. The molecule has 2 fully saturated rings. The van der Waals surface area contributed by atoms with Gasteiger partial charge in [-0.1, -0.05) is 98.7 Å². The Kier molecular flexibility index (Phi) is 8.39. The van der Waals surface area contributed by atoms with Gasteiger partial charge in [-0.15, -0.1) is 0 Å². The maximum absolute atomic E-state index is 14.8. The smallest absolute Gasteiger partial charge is 0.223 e. The number of nitrogens with one attached hydrogen (secondary N) is 1. The average Bonchev–Trinajstić information content (AvgIpc) is 3.53. The fourth-order valence-corrected chi connectivity index (χ4v) is 17.6. The lowest BCUT2D eigenvalue weighted by Crippen LogP contribution is -2.72. The first-order valence-electron chi connectivity index (χ1n) is 16.0. The number of carbonyl (C=O) groups excluding carboxylic acids is 1. The van der Waals surface area contributed by atoms with E-state index in [9.17, 15) is 4.79 Å². The molecular weight excluding hydrogens is 626 g/mol. The predicted molar refractivity (Wildman–Crippen MR) is 186 cm³/mol. The van der Waals surface area contributed by atoms with Gasteiger partial charge in [-0.25, -0.2) is 9.97 Å². The van der Waals surface area contributed by atoms with E-state index in [0.717, 1.165) is 60.0 Å². The van der Waals surface area contributed by atoms with Gasteiger partial charge in [0.2, 0.25) is 5.91 Å². The van der Waals surface area contributed by atoms with E-state index in [-0.39, 0.29) is 34.0 Å². The third-order valence-electron chi connectivity index (χ3n) is 10.9. The highest BCUT2D eigenvalue weighted by molar-refractivity contribution is 9.10. The molecule has 1 saturated carbocycles. The lowest BCUT2D eigenvalue weighted by molar-refractivity contribution is -0.126. The molecule has 1 aliphatic heterocycles. The zero-order chi connectivity index (χ0) is 31.3. The molecule has 6 rings (SSSR count). The summed E-state index contributed by atoms with van der Waals surface area (Å²) in [6.07, 6.45) is 7.52. The Morgan fingerprint density at radius 2 is 1.59 bits per heavy atom. The zero-order valence-electron chi connectivity index (χ0n) is 27.0. The van der Waals surface area contributed by atoms with Crippen molar-refractivity contribution >= 4 is 51.3 Å². The normalized spacial score (nSPS) is 23.7. The number of benzene rings is 2. The Balaban J connectivity index is 1.55. The summed E-state index contributed by atoms with van der Waals surface area (Å²) in [7, 11) is -0.545. The number of piperidine rings is 1. The van der Waals surface area contributed by atoms with Crippen LogP contribution in [0.15, 0.2) is 77.7 Å². The van der Waals surface area contributed by atoms with Gasteiger partial charge in [-0.05, 0) is 78.8 Å². The fourth-order valence-electron chi connectivity index (χ4n) is 9.11. The van der Waals surface area contributed by atoms with E-state index in [1.54, 1.807) is 6.33 Å². The molecule has 0 bridgehead atoms. The summed E-state index contributed by atoms with van der Waals surface area (Å²) in [6, 6.07) is 22.7. The minimum absolute atomic E-state index is 0.0798. The highest BCUT2D eigenvalue weighted by Gasteiger charge is 2.66. The number of aryl methyl sites for hydroxylation is 1. The van der Waals surface area contributed by atoms with Gasteiger partial charge in [0, 0.05) is 28.7 Å². The van der Waals surface area contributed by atoms with E-state index in [1.807, 2.05) is 6.92 Å². The van der Waals surface area contributed by atoms with Gasteiger partial charge in [0.15, 0.2) is 0 Å². The Morgan fingerprint density at radius 3 is 2.16 bits per heavy atom. The van der Waals surface area contributed by atoms with Crippen molar-refractivity contribution in [3.63, 3.8) is 0 Å². The van der Waals surface area contributed by atoms with Crippen molar-refractivity contribution in [1.29, 1.82) is 0 Å². The summed E-state index contributed by atoms with van der Waals surface area (Å²) < 4.78 is 3.35. The maximum atomic E-state index is 14.8. The first-order chi connectivity index (χ1) is 21.0. The van der Waals surface area contributed by atoms with Gasteiger partial charge in [-0.2, -0.15) is 0 Å². The van der Waals surface area contributed by atoms with Gasteiger partial charge in [0.1, 0.15) is 20.0 Å². The summed E-state index contributed by atoms with van der Waals surface area (Å²) in [5.74, 6) is 0.0662. The molecule has 3 heterocycles. The van der Waals surface area contributed by atoms with Crippen molar-refractivity contribution in [2.45, 2.75) is 82.5 Å². The van der Waals surface area contributed by atoms with E-state index in [2.05, 4.69) is 137 Å². The number of nitrogens with zero attached hydrogens (tertiary/aromatic N) is 4. The molecule has 0 radical (unpaired) electrons. The molecule has 0 unspecified atom stereocenters. The van der Waals surface area contributed by atoms with E-state index >= 15 is 0 Å². The van der Waals surface area contributed by atoms with Crippen molar-refractivity contribution in [3.05, 3.63) is 83.4 Å². The second-order valence-corrected chi connectivity index (χ2v) is 20.6. The highest BCUT2D eigenvalue weighted by atomic mass is 79.9. The third-order valence-corrected chi connectivity index (χ3v) is 18.4. The van der Waals surface area contributed by atoms with Crippen LogP contribution in [-0.4, -0.2) is 59.6 Å². The first-order valence-corrected chi connectivity index (χ1v) is 18.8. The lowest BCUT2D eigenvalue weighted by atomic mass is 9.94. The van der Waals surface area contributed by atoms with Crippen LogP contribution < -0.4 is 15.7 Å². The summed E-state index contributed by atoms with van der Waals surface area (Å²) in [5, 5.41) is 7.08. The molecule has 8 heteroatoms. The van der Waals surface area contributed by atoms with Gasteiger partial charge in [0.05, 0.1) is 11.1 Å². The summed E-state index contributed by atoms with van der Waals surface area (Å²) in [6.45, 7) is 13.8. The fraction of sp³-hybridized carbons (Fsp3) is 0.472. The van der Waals surface area contributed by atoms with Gasteiger partial charge < -0.3 is 14.8 Å². The molecule has 1 amide bonds. The van der Waals surface area contributed by atoms with Crippen molar-refractivity contribution < 1.29 is 4.79 Å². The minimum atomic E-state index is -2.72. The summed E-state index contributed by atoms with van der Waals surface area (Å²) >= 11 is 3.83. The molecule has 44 heavy (non-hydrogen) atoms. The molecule has 232 valence electrons. The van der Waals surface area contributed by atoms with Crippen LogP contribution in [0, 0.1) is 12.8 Å². The summed E-state index contributed by atoms with van der Waals surface area (Å²) in [4.78, 5) is 26.4. The van der Waals surface area contributed by atoms with E-state index in [0.29, 0.717) is 0 Å². The predicted octanol–water partition coefficient (Wildman–Crippen LogP) is 6.49. The summed E-state index contributed by atoms with van der Waals surface area (Å²) in [5.41, 5.74) is 1.90. The van der Waals surface area contributed by atoms with Gasteiger partial charge in [0.25, 0.3) is 0 Å². The second-order valence-electron chi connectivity index (χ2n) is 14.4. The Morgan fingerprint density at radius 1 is 1.00 bits per heavy atom. The molecular formula is C36H46BrN5OSi. The maximum Gasteiger partial charge on any atom is 0.223 e. The molecule has 0 spiro atoms. The van der Waals surface area contributed by atoms with Crippen LogP contribution in [0.2, 0.25) is 10.1 Å². The Bertz CT molecular complexity index is 1590. The molecule has 2 aromatic heterocycles. The number of rotatable bonds is 6. The van der Waals surface area contributed by atoms with Gasteiger partial charge >= 0.3 is 0 Å². The van der Waals surface area contributed by atoms with Crippen LogP contribution in [0.1, 0.15) is 65.1 Å². The van der Waals surface area contributed by atoms with Crippen molar-refractivity contribution in [2.24, 2.45) is 5.92 Å². The van der Waals surface area contributed by atoms with Crippen molar-refractivity contribution in [2.75, 3.05) is 20.1 Å². The van der Waals surface area contributed by atoms with E-state index in [4.69, 9.17) is 4.98 Å². The van der Waals surface area contributed by atoms with Crippen molar-refractivity contribution in [1.82, 2.24) is 24.8 Å². The monoisotopic (exact) mass is 671 g/mol. The SMILES string of the molecule is Cc1ncnc2c1c(Br)cn2[C@@H]1C[C@H](C(=O)NC2CCN(C)CC2)[C@](C)([Si](c2ccccc2)(c2ccccc2)C(C)(C)C)C1. The molecule has 3 atom stereocenters. The number of halogens is 1. The third kappa shape index (κ3) is 5.07. The van der Waals surface area contributed by atoms with Crippen LogP contribution in [0.4, 0.5) is 0 Å². The van der Waals surface area contributed by atoms with E-state index in [1.165, 1.54) is 10.4 Å². The van der Waals surface area contributed by atoms with Crippen LogP contribution >= 0.6 is 15.9 Å². The van der Waals surface area contributed by atoms with Crippen LogP contribution in [0.3, 0.4) is 0 Å². The second kappa shape index (κ2) is 11.8. The molecule has 2 aromatic carbocycles. The first kappa shape index (κ1) is 31.2. The molecule has 6 nitrogen and oxygen atoms in total. The average molecular weight is 673 g/mol. The standard InChI is InChI=1S/C36H46BrN5OSi/c1-25-32-31(37)23-42(33(32)39-24-38-25)27-21-30(34(43)40-26-17-19-41(6)20-18-26)36(5,22-27)44(35(2,3)4,28-13-9-7-10-14-28)29-15-11-8-12-16-29/h7-16,23-24,26-27,30H,17-22H2,1-6H3,(H,40,43)/t27-,30-,36-/m1/s1. The Labute approximate surface area is 271 Å². The van der Waals surface area contributed by atoms with Crippen LogP contribution in [-0.2, 0) is 4.79 Å². The quantitative estimate of drug-likeness (QED) is 0.238. The Hall–Kier alpha value is -2.81. The highest BCUT2D eigenvalue weighted by Crippen LogP contribution is 2.64. The molecule has 2 aliphatic rings. The molecule has 1 aliphatic carbocycles. The molecule has 1 N–H and O–H groups in total. The number of hydrogen-bond donors (Lipinski definition) is 1. The zero-order valence-corrected chi connectivity index (χ0v) is 29.6. The number of amides is 1. The number of carbonyl (C=O) groups is 1. The topological polar surface area (TPSA) is 63.1 Å². The number of fused-ring (bicyclic) bond motifs is 1. The molecule has 1 saturated heterocycles. The number of hydrogen-bond acceptors (Lipinski definition) is 4.